The average Bonchev–Trinajstić information content (AvgIpc) is 2.48. The molecule has 108 valence electrons. The molecule has 2 rings (SSSR count). The van der Waals surface area contributed by atoms with Crippen molar-refractivity contribution in [2.45, 2.75) is 6.54 Å². The molecule has 1 aromatic carbocycles. The van der Waals surface area contributed by atoms with Gasteiger partial charge in [0.05, 0.1) is 17.2 Å². The first kappa shape index (κ1) is 14.4. The summed E-state index contributed by atoms with van der Waals surface area (Å²) in [6.07, 6.45) is 2.77. The molecule has 0 aliphatic rings. The fourth-order valence-corrected chi connectivity index (χ4v) is 1.75. The van der Waals surface area contributed by atoms with E-state index < -0.39 is 11.9 Å². The number of urea groups is 1. The minimum absolute atomic E-state index is 0.247. The normalized spacial score (nSPS) is 10.1. The lowest BCUT2D eigenvalue weighted by atomic mass is 10.2. The third kappa shape index (κ3) is 3.53. The van der Waals surface area contributed by atoms with Crippen molar-refractivity contribution < 1.29 is 9.59 Å². The summed E-state index contributed by atoms with van der Waals surface area (Å²) in [5.74, 6) is -0.601. The van der Waals surface area contributed by atoms with Gasteiger partial charge < -0.3 is 5.32 Å². The number of benzene rings is 1. The Morgan fingerprint density at radius 1 is 1.33 bits per heavy atom. The molecular weight excluding hydrogens is 272 g/mol. The first-order valence-electron chi connectivity index (χ1n) is 6.24. The molecule has 0 aliphatic carbocycles. The number of hydrogen-bond donors (Lipinski definition) is 2. The zero-order valence-corrected chi connectivity index (χ0v) is 11.2. The van der Waals surface area contributed by atoms with Crippen LogP contribution in [0.1, 0.15) is 0 Å². The Hall–Kier alpha value is -2.96. The Morgan fingerprint density at radius 3 is 2.86 bits per heavy atom. The van der Waals surface area contributed by atoms with Crippen LogP contribution in [0, 0.1) is 0 Å². The van der Waals surface area contributed by atoms with Crippen molar-refractivity contribution in [2.75, 3.05) is 6.54 Å². The van der Waals surface area contributed by atoms with Crippen LogP contribution in [-0.4, -0.2) is 28.0 Å². The molecule has 0 saturated heterocycles. The quantitative estimate of drug-likeness (QED) is 0.796. The van der Waals surface area contributed by atoms with Gasteiger partial charge in [-0.25, -0.2) is 9.78 Å². The van der Waals surface area contributed by atoms with E-state index in [1.807, 2.05) is 0 Å². The molecule has 0 bridgehead atoms. The number of hydrogen-bond acceptors (Lipinski definition) is 4. The van der Waals surface area contributed by atoms with E-state index in [4.69, 9.17) is 0 Å². The highest BCUT2D eigenvalue weighted by molar-refractivity contribution is 5.94. The van der Waals surface area contributed by atoms with Gasteiger partial charge in [-0.3, -0.25) is 19.5 Å². The topological polar surface area (TPSA) is 93.1 Å². The molecule has 2 aromatic rings. The summed E-state index contributed by atoms with van der Waals surface area (Å²) < 4.78 is 1.15. The van der Waals surface area contributed by atoms with Crippen molar-refractivity contribution in [3.8, 4) is 0 Å². The zero-order chi connectivity index (χ0) is 15.2. The van der Waals surface area contributed by atoms with Gasteiger partial charge in [-0.05, 0) is 12.1 Å². The van der Waals surface area contributed by atoms with Gasteiger partial charge in [0.15, 0.2) is 0 Å². The van der Waals surface area contributed by atoms with Crippen LogP contribution in [0.3, 0.4) is 0 Å². The van der Waals surface area contributed by atoms with E-state index in [-0.39, 0.29) is 18.6 Å². The number of nitrogens with one attached hydrogen (secondary N) is 2. The highest BCUT2D eigenvalue weighted by Crippen LogP contribution is 2.04. The SMILES string of the molecule is C=CCNC(=O)NC(=O)Cn1cnc2ccccc2c1=O. The minimum Gasteiger partial charge on any atom is -0.334 e. The van der Waals surface area contributed by atoms with Gasteiger partial charge in [-0.1, -0.05) is 18.2 Å². The molecule has 0 fully saturated rings. The number of para-hydroxylation sites is 1. The number of carbonyl (C=O) groups is 2. The summed E-state index contributed by atoms with van der Waals surface area (Å²) in [6, 6.07) is 6.20. The van der Waals surface area contributed by atoms with E-state index in [1.165, 1.54) is 12.4 Å². The predicted octanol–water partition coefficient (Wildman–Crippen LogP) is 0.408. The van der Waals surface area contributed by atoms with Crippen LogP contribution in [-0.2, 0) is 11.3 Å². The molecule has 7 heteroatoms. The molecule has 0 spiro atoms. The summed E-state index contributed by atoms with van der Waals surface area (Å²) in [5.41, 5.74) is 0.227. The molecule has 0 unspecified atom stereocenters. The Bertz CT molecular complexity index is 751. The van der Waals surface area contributed by atoms with Crippen LogP contribution in [0.2, 0.25) is 0 Å². The third-order valence-electron chi connectivity index (χ3n) is 2.71. The molecule has 0 aliphatic heterocycles. The maximum Gasteiger partial charge on any atom is 0.321 e. The number of imide groups is 1. The van der Waals surface area contributed by atoms with E-state index in [9.17, 15) is 14.4 Å². The lowest BCUT2D eigenvalue weighted by Gasteiger charge is -2.07. The van der Waals surface area contributed by atoms with Crippen LogP contribution < -0.4 is 16.2 Å². The first-order valence-corrected chi connectivity index (χ1v) is 6.24. The van der Waals surface area contributed by atoms with Crippen molar-refractivity contribution in [2.24, 2.45) is 0 Å². The molecule has 21 heavy (non-hydrogen) atoms. The van der Waals surface area contributed by atoms with E-state index in [2.05, 4.69) is 22.2 Å². The van der Waals surface area contributed by atoms with Gasteiger partial charge >= 0.3 is 6.03 Å². The van der Waals surface area contributed by atoms with Gasteiger partial charge in [-0.2, -0.15) is 0 Å². The van der Waals surface area contributed by atoms with E-state index in [0.717, 1.165) is 4.57 Å². The Labute approximate surface area is 120 Å². The highest BCUT2D eigenvalue weighted by atomic mass is 16.2. The summed E-state index contributed by atoms with van der Waals surface area (Å²) in [4.78, 5) is 39.2. The summed E-state index contributed by atoms with van der Waals surface area (Å²) in [7, 11) is 0. The second-order valence-electron chi connectivity index (χ2n) is 4.24. The van der Waals surface area contributed by atoms with E-state index >= 15 is 0 Å². The molecule has 3 amide bonds. The Balaban J connectivity index is 2.11. The van der Waals surface area contributed by atoms with Crippen molar-refractivity contribution in [3.63, 3.8) is 0 Å². The van der Waals surface area contributed by atoms with Gasteiger partial charge in [0.1, 0.15) is 6.54 Å². The highest BCUT2D eigenvalue weighted by Gasteiger charge is 2.10. The maximum atomic E-state index is 12.2. The summed E-state index contributed by atoms with van der Waals surface area (Å²) in [6.45, 7) is 3.41. The smallest absolute Gasteiger partial charge is 0.321 e. The number of nitrogens with zero attached hydrogens (tertiary/aromatic N) is 2. The number of rotatable bonds is 4. The number of carbonyl (C=O) groups excluding carboxylic acids is 2. The maximum absolute atomic E-state index is 12.2. The summed E-state index contributed by atoms with van der Waals surface area (Å²) in [5, 5.41) is 4.94. The Morgan fingerprint density at radius 2 is 2.10 bits per heavy atom. The number of fused-ring (bicyclic) bond motifs is 1. The molecule has 1 heterocycles. The van der Waals surface area contributed by atoms with Crippen LogP contribution in [0.15, 0.2) is 48.0 Å². The van der Waals surface area contributed by atoms with Crippen LogP contribution in [0.25, 0.3) is 10.9 Å². The average molecular weight is 286 g/mol. The second kappa shape index (κ2) is 6.47. The number of aromatic nitrogens is 2. The Kier molecular flexibility index (Phi) is 4.45. The molecule has 0 saturated carbocycles. The minimum atomic E-state index is -0.637. The largest absolute Gasteiger partial charge is 0.334 e. The van der Waals surface area contributed by atoms with Gasteiger partial charge in [0, 0.05) is 6.54 Å². The van der Waals surface area contributed by atoms with Gasteiger partial charge in [-0.15, -0.1) is 6.58 Å². The van der Waals surface area contributed by atoms with Crippen molar-refractivity contribution in [1.29, 1.82) is 0 Å². The van der Waals surface area contributed by atoms with Crippen molar-refractivity contribution >= 4 is 22.8 Å². The standard InChI is InChI=1S/C14H14N4O3/c1-2-7-15-14(21)17-12(19)8-18-9-16-11-6-4-3-5-10(11)13(18)20/h2-6,9H,1,7-8H2,(H2,15,17,19,21). The molecule has 2 N–H and O–H groups in total. The van der Waals surface area contributed by atoms with Crippen LogP contribution in [0.4, 0.5) is 4.79 Å². The monoisotopic (exact) mass is 286 g/mol. The van der Waals surface area contributed by atoms with E-state index in [1.54, 1.807) is 24.3 Å². The van der Waals surface area contributed by atoms with Crippen LogP contribution in [0.5, 0.6) is 0 Å². The second-order valence-corrected chi connectivity index (χ2v) is 4.24. The fraction of sp³-hybridized carbons (Fsp3) is 0.143. The van der Waals surface area contributed by atoms with Crippen molar-refractivity contribution in [3.05, 3.63) is 53.6 Å². The van der Waals surface area contributed by atoms with Gasteiger partial charge in [0.25, 0.3) is 5.56 Å². The first-order chi connectivity index (χ1) is 10.1. The lowest BCUT2D eigenvalue weighted by Crippen LogP contribution is -2.42. The number of amides is 3. The molecule has 0 radical (unpaired) electrons. The third-order valence-corrected chi connectivity index (χ3v) is 2.71. The molecule has 1 aromatic heterocycles. The molecule has 0 atom stereocenters. The predicted molar refractivity (Wildman–Crippen MR) is 77.7 cm³/mol. The van der Waals surface area contributed by atoms with Crippen LogP contribution >= 0.6 is 0 Å². The fourth-order valence-electron chi connectivity index (χ4n) is 1.75. The summed E-state index contributed by atoms with van der Waals surface area (Å²) >= 11 is 0. The zero-order valence-electron chi connectivity index (χ0n) is 11.2. The lowest BCUT2D eigenvalue weighted by molar-refractivity contribution is -0.120. The van der Waals surface area contributed by atoms with Crippen molar-refractivity contribution in [1.82, 2.24) is 20.2 Å². The van der Waals surface area contributed by atoms with Gasteiger partial charge in [0.2, 0.25) is 5.91 Å². The van der Waals surface area contributed by atoms with E-state index in [0.29, 0.717) is 10.9 Å². The molecular formula is C14H14N4O3. The molecule has 7 nitrogen and oxygen atoms in total.